The van der Waals surface area contributed by atoms with Gasteiger partial charge in [-0.25, -0.2) is 0 Å². The molecule has 2 fully saturated rings. The van der Waals surface area contributed by atoms with Crippen molar-refractivity contribution in [3.05, 3.63) is 0 Å². The van der Waals surface area contributed by atoms with Crippen LogP contribution in [0.15, 0.2) is 4.99 Å². The molecule has 0 aromatic carbocycles. The van der Waals surface area contributed by atoms with Crippen LogP contribution in [-0.4, -0.2) is 48.5 Å². The number of hydrogen-bond acceptors (Lipinski definition) is 3. The second kappa shape index (κ2) is 6.10. The van der Waals surface area contributed by atoms with E-state index in [1.807, 2.05) is 11.8 Å². The Hall–Kier alpha value is -0.220. The second-order valence-electron chi connectivity index (χ2n) is 5.56. The fourth-order valence-electron chi connectivity index (χ4n) is 2.45. The zero-order valence-corrected chi connectivity index (χ0v) is 12.1. The highest BCUT2D eigenvalue weighted by Gasteiger charge is 2.30. The number of rotatable bonds is 3. The van der Waals surface area contributed by atoms with Gasteiger partial charge < -0.3 is 10.2 Å². The predicted octanol–water partition coefficient (Wildman–Crippen LogP) is 2.19. The standard InChI is InChI=1S/C13H25N3S/c1-10(16(2)3)8-14-13-15-12-7-5-4-6-11(12)9-17-13/h10-12H,4-9H2,1-3H3,(H,14,15). The van der Waals surface area contributed by atoms with Crippen molar-refractivity contribution in [1.29, 1.82) is 0 Å². The third-order valence-electron chi connectivity index (χ3n) is 4.03. The van der Waals surface area contributed by atoms with E-state index in [0.717, 1.165) is 12.5 Å². The van der Waals surface area contributed by atoms with Gasteiger partial charge in [-0.1, -0.05) is 24.6 Å². The monoisotopic (exact) mass is 255 g/mol. The number of nitrogens with one attached hydrogen (secondary N) is 1. The van der Waals surface area contributed by atoms with Crippen LogP contribution in [0.4, 0.5) is 0 Å². The summed E-state index contributed by atoms with van der Waals surface area (Å²) >= 11 is 1.92. The van der Waals surface area contributed by atoms with Gasteiger partial charge in [0.1, 0.15) is 0 Å². The molecule has 3 nitrogen and oxygen atoms in total. The normalized spacial score (nSPS) is 33.3. The van der Waals surface area contributed by atoms with Crippen molar-refractivity contribution in [3.8, 4) is 0 Å². The summed E-state index contributed by atoms with van der Waals surface area (Å²) in [5, 5.41) is 4.83. The van der Waals surface area contributed by atoms with E-state index in [2.05, 4.69) is 31.2 Å². The van der Waals surface area contributed by atoms with Crippen molar-refractivity contribution >= 4 is 16.9 Å². The van der Waals surface area contributed by atoms with Crippen molar-refractivity contribution in [1.82, 2.24) is 10.2 Å². The van der Waals surface area contributed by atoms with Crippen LogP contribution in [0.2, 0.25) is 0 Å². The Balaban J connectivity index is 1.84. The minimum absolute atomic E-state index is 0.522. The molecule has 98 valence electrons. The Morgan fingerprint density at radius 2 is 2.18 bits per heavy atom. The highest BCUT2D eigenvalue weighted by Crippen LogP contribution is 2.31. The maximum atomic E-state index is 4.72. The topological polar surface area (TPSA) is 27.6 Å². The van der Waals surface area contributed by atoms with E-state index in [1.165, 1.54) is 36.6 Å². The van der Waals surface area contributed by atoms with Crippen molar-refractivity contribution in [2.75, 3.05) is 26.4 Å². The van der Waals surface area contributed by atoms with E-state index in [-0.39, 0.29) is 0 Å². The van der Waals surface area contributed by atoms with E-state index in [0.29, 0.717) is 12.1 Å². The van der Waals surface area contributed by atoms with E-state index in [4.69, 9.17) is 4.99 Å². The largest absolute Gasteiger partial charge is 0.362 e. The summed E-state index contributed by atoms with van der Waals surface area (Å²) in [4.78, 5) is 6.95. The highest BCUT2D eigenvalue weighted by atomic mass is 32.2. The zero-order valence-electron chi connectivity index (χ0n) is 11.3. The molecule has 0 radical (unpaired) electrons. The Kier molecular flexibility index (Phi) is 4.74. The van der Waals surface area contributed by atoms with Crippen molar-refractivity contribution < 1.29 is 0 Å². The molecule has 2 aliphatic rings. The number of thioether (sulfide) groups is 1. The lowest BCUT2D eigenvalue weighted by Gasteiger charge is -2.37. The summed E-state index contributed by atoms with van der Waals surface area (Å²) in [6.07, 6.45) is 5.56. The molecule has 17 heavy (non-hydrogen) atoms. The lowest BCUT2D eigenvalue weighted by atomic mass is 9.86. The number of likely N-dealkylation sites (N-methyl/N-ethyl adjacent to an activating group) is 1. The van der Waals surface area contributed by atoms with Gasteiger partial charge in [-0.15, -0.1) is 0 Å². The number of aliphatic imine (C=N–C) groups is 1. The second-order valence-corrected chi connectivity index (χ2v) is 6.57. The van der Waals surface area contributed by atoms with Gasteiger partial charge in [0.05, 0.1) is 6.54 Å². The van der Waals surface area contributed by atoms with Crippen LogP contribution in [0.3, 0.4) is 0 Å². The van der Waals surface area contributed by atoms with Gasteiger partial charge >= 0.3 is 0 Å². The smallest absolute Gasteiger partial charge is 0.156 e. The SMILES string of the molecule is CC(CN=C1NC2CCCCC2CS1)N(C)C. The van der Waals surface area contributed by atoms with Gasteiger partial charge in [-0.3, -0.25) is 4.99 Å². The fourth-order valence-corrected chi connectivity index (χ4v) is 3.62. The Morgan fingerprint density at radius 1 is 1.41 bits per heavy atom. The molecule has 2 rings (SSSR count). The summed E-state index contributed by atoms with van der Waals surface area (Å²) in [6.45, 7) is 3.13. The maximum absolute atomic E-state index is 4.72. The summed E-state index contributed by atoms with van der Waals surface area (Å²) in [6, 6.07) is 1.23. The first-order valence-electron chi connectivity index (χ1n) is 6.77. The van der Waals surface area contributed by atoms with Gasteiger partial charge in [-0.05, 0) is 39.8 Å². The molecular formula is C13H25N3S. The molecule has 4 heteroatoms. The van der Waals surface area contributed by atoms with Crippen LogP contribution < -0.4 is 5.32 Å². The molecule has 3 atom stereocenters. The molecule has 0 aromatic heterocycles. The number of fused-ring (bicyclic) bond motifs is 1. The molecule has 0 bridgehead atoms. The van der Waals surface area contributed by atoms with Crippen molar-refractivity contribution in [2.24, 2.45) is 10.9 Å². The van der Waals surface area contributed by atoms with Gasteiger partial charge in [0.2, 0.25) is 0 Å². The van der Waals surface area contributed by atoms with Gasteiger partial charge in [0.15, 0.2) is 5.17 Å². The van der Waals surface area contributed by atoms with E-state index >= 15 is 0 Å². The molecule has 1 saturated carbocycles. The number of nitrogens with zero attached hydrogens (tertiary/aromatic N) is 2. The first kappa shape index (κ1) is 13.2. The molecule has 0 aromatic rings. The van der Waals surface area contributed by atoms with Crippen LogP contribution in [0, 0.1) is 5.92 Å². The average molecular weight is 255 g/mol. The third-order valence-corrected chi connectivity index (χ3v) is 5.15. The Bertz CT molecular complexity index is 278. The van der Waals surface area contributed by atoms with Crippen molar-refractivity contribution in [2.45, 2.75) is 44.7 Å². The lowest BCUT2D eigenvalue weighted by molar-refractivity contribution is 0.308. The van der Waals surface area contributed by atoms with Crippen molar-refractivity contribution in [3.63, 3.8) is 0 Å². The Labute approximate surface area is 109 Å². The third kappa shape index (κ3) is 3.62. The summed E-state index contributed by atoms with van der Waals surface area (Å²) < 4.78 is 0. The van der Waals surface area contributed by atoms with Gasteiger partial charge in [0.25, 0.3) is 0 Å². The summed E-state index contributed by atoms with van der Waals surface area (Å²) in [7, 11) is 4.23. The van der Waals surface area contributed by atoms with Crippen LogP contribution in [0.5, 0.6) is 0 Å². The molecule has 1 N–H and O–H groups in total. The minimum Gasteiger partial charge on any atom is -0.362 e. The molecule has 1 saturated heterocycles. The molecule has 3 unspecified atom stereocenters. The van der Waals surface area contributed by atoms with E-state index in [1.54, 1.807) is 0 Å². The van der Waals surface area contributed by atoms with E-state index in [9.17, 15) is 0 Å². The fraction of sp³-hybridized carbons (Fsp3) is 0.923. The van der Waals surface area contributed by atoms with E-state index < -0.39 is 0 Å². The van der Waals surface area contributed by atoms with Gasteiger partial charge in [-0.2, -0.15) is 0 Å². The minimum atomic E-state index is 0.522. The lowest BCUT2D eigenvalue weighted by Crippen LogP contribution is -2.46. The first-order valence-corrected chi connectivity index (χ1v) is 7.75. The zero-order chi connectivity index (χ0) is 12.3. The number of amidine groups is 1. The molecular weight excluding hydrogens is 230 g/mol. The first-order chi connectivity index (χ1) is 8.16. The van der Waals surface area contributed by atoms with Crippen LogP contribution >= 0.6 is 11.8 Å². The average Bonchev–Trinajstić information content (AvgIpc) is 2.35. The van der Waals surface area contributed by atoms with Crippen LogP contribution in [0.25, 0.3) is 0 Å². The predicted molar refractivity (Wildman–Crippen MR) is 76.8 cm³/mol. The molecule has 0 amide bonds. The summed E-state index contributed by atoms with van der Waals surface area (Å²) in [5.41, 5.74) is 0. The quantitative estimate of drug-likeness (QED) is 0.838. The van der Waals surface area contributed by atoms with Crippen LogP contribution in [0.1, 0.15) is 32.6 Å². The molecule has 0 spiro atoms. The molecule has 1 heterocycles. The number of hydrogen-bond donors (Lipinski definition) is 1. The maximum Gasteiger partial charge on any atom is 0.156 e. The highest BCUT2D eigenvalue weighted by molar-refractivity contribution is 8.13. The molecule has 1 aliphatic carbocycles. The molecule has 1 aliphatic heterocycles. The van der Waals surface area contributed by atoms with Crippen LogP contribution in [-0.2, 0) is 0 Å². The summed E-state index contributed by atoms with van der Waals surface area (Å²) in [5.74, 6) is 2.16. The van der Waals surface area contributed by atoms with Gasteiger partial charge in [0, 0.05) is 17.8 Å². The Morgan fingerprint density at radius 3 is 2.94 bits per heavy atom.